The number of rotatable bonds is 1. The summed E-state index contributed by atoms with van der Waals surface area (Å²) in [6.45, 7) is 1.50. The van der Waals surface area contributed by atoms with E-state index in [2.05, 4.69) is 0 Å². The zero-order chi connectivity index (χ0) is 8.59. The highest BCUT2D eigenvalue weighted by molar-refractivity contribution is 7.79. The summed E-state index contributed by atoms with van der Waals surface area (Å²) >= 11 is -2.49. The Morgan fingerprint density at radius 1 is 1.45 bits per heavy atom. The largest absolute Gasteiger partial charge is 0.770 e. The SMILES string of the molecule is C[C@H]1OC(S(=O)[O-])[C@H](O)[C@@H]1O. The molecule has 0 bridgehead atoms. The van der Waals surface area contributed by atoms with Gasteiger partial charge in [0.2, 0.25) is 0 Å². The predicted molar refractivity (Wildman–Crippen MR) is 35.3 cm³/mol. The molecular weight excluding hydrogens is 172 g/mol. The van der Waals surface area contributed by atoms with Crippen molar-refractivity contribution in [1.82, 2.24) is 0 Å². The molecule has 0 aromatic carbocycles. The zero-order valence-corrected chi connectivity index (χ0v) is 6.65. The van der Waals surface area contributed by atoms with Gasteiger partial charge < -0.3 is 19.5 Å². The highest BCUT2D eigenvalue weighted by Crippen LogP contribution is 2.22. The molecule has 1 aliphatic rings. The molecule has 5 atom stereocenters. The fourth-order valence-corrected chi connectivity index (χ4v) is 1.63. The lowest BCUT2D eigenvalue weighted by atomic mass is 10.2. The van der Waals surface area contributed by atoms with Crippen molar-refractivity contribution in [3.05, 3.63) is 0 Å². The van der Waals surface area contributed by atoms with Crippen LogP contribution < -0.4 is 0 Å². The van der Waals surface area contributed by atoms with Gasteiger partial charge in [-0.15, -0.1) is 0 Å². The van der Waals surface area contributed by atoms with E-state index in [-0.39, 0.29) is 0 Å². The van der Waals surface area contributed by atoms with Crippen LogP contribution in [0.2, 0.25) is 0 Å². The van der Waals surface area contributed by atoms with E-state index in [0.29, 0.717) is 0 Å². The lowest BCUT2D eigenvalue weighted by Crippen LogP contribution is -2.33. The van der Waals surface area contributed by atoms with E-state index in [1.54, 1.807) is 0 Å². The van der Waals surface area contributed by atoms with Crippen molar-refractivity contribution in [3.8, 4) is 0 Å². The molecule has 2 N–H and O–H groups in total. The summed E-state index contributed by atoms with van der Waals surface area (Å²) in [5, 5.41) is 18.1. The molecule has 1 heterocycles. The second kappa shape index (κ2) is 3.16. The summed E-state index contributed by atoms with van der Waals surface area (Å²) in [6.07, 6.45) is -3.07. The minimum absolute atomic E-state index is 0.632. The molecule has 1 saturated heterocycles. The molecule has 6 heteroatoms. The van der Waals surface area contributed by atoms with Crippen molar-refractivity contribution < 1.29 is 23.7 Å². The van der Waals surface area contributed by atoms with Crippen molar-refractivity contribution in [1.29, 1.82) is 0 Å². The van der Waals surface area contributed by atoms with Gasteiger partial charge in [-0.3, -0.25) is 4.21 Å². The average molecular weight is 181 g/mol. The molecule has 1 aliphatic heterocycles. The van der Waals surface area contributed by atoms with Gasteiger partial charge in [-0.1, -0.05) is 0 Å². The van der Waals surface area contributed by atoms with Crippen LogP contribution in [0.3, 0.4) is 0 Å². The van der Waals surface area contributed by atoms with E-state index in [4.69, 9.17) is 14.9 Å². The van der Waals surface area contributed by atoms with Gasteiger partial charge >= 0.3 is 0 Å². The maximum atomic E-state index is 10.3. The van der Waals surface area contributed by atoms with Crippen molar-refractivity contribution in [2.45, 2.75) is 30.7 Å². The van der Waals surface area contributed by atoms with Gasteiger partial charge in [-0.25, -0.2) is 0 Å². The second-order valence-corrected chi connectivity index (χ2v) is 3.44. The van der Waals surface area contributed by atoms with Crippen LogP contribution in [0.5, 0.6) is 0 Å². The third kappa shape index (κ3) is 1.60. The summed E-state index contributed by atoms with van der Waals surface area (Å²) in [6, 6.07) is 0. The normalized spacial score (nSPS) is 47.6. The van der Waals surface area contributed by atoms with E-state index in [0.717, 1.165) is 0 Å². The first-order valence-corrected chi connectivity index (χ1v) is 4.27. The summed E-state index contributed by atoms with van der Waals surface area (Å²) < 4.78 is 25.3. The molecule has 0 radical (unpaired) electrons. The Labute approximate surface area is 66.3 Å². The molecule has 0 aliphatic carbocycles. The molecule has 0 aromatic rings. The van der Waals surface area contributed by atoms with E-state index in [1.807, 2.05) is 0 Å². The Kier molecular flexibility index (Phi) is 2.61. The summed E-state index contributed by atoms with van der Waals surface area (Å²) in [7, 11) is 0. The Morgan fingerprint density at radius 3 is 2.18 bits per heavy atom. The van der Waals surface area contributed by atoms with Gasteiger partial charge in [0.15, 0.2) is 0 Å². The number of aliphatic hydroxyl groups is 2. The van der Waals surface area contributed by atoms with Gasteiger partial charge in [0.05, 0.1) is 6.10 Å². The van der Waals surface area contributed by atoms with Crippen LogP contribution in [0.4, 0.5) is 0 Å². The van der Waals surface area contributed by atoms with Crippen molar-refractivity contribution in [2.75, 3.05) is 0 Å². The zero-order valence-electron chi connectivity index (χ0n) is 5.84. The van der Waals surface area contributed by atoms with Crippen molar-refractivity contribution in [2.24, 2.45) is 0 Å². The Bertz CT molecular complexity index is 172. The summed E-state index contributed by atoms with van der Waals surface area (Å²) in [5.74, 6) is 0. The first kappa shape index (κ1) is 9.08. The van der Waals surface area contributed by atoms with Crippen LogP contribution in [-0.2, 0) is 15.8 Å². The maximum Gasteiger partial charge on any atom is 0.148 e. The van der Waals surface area contributed by atoms with E-state index < -0.39 is 34.8 Å². The van der Waals surface area contributed by atoms with Crippen LogP contribution in [0, 0.1) is 0 Å². The lowest BCUT2D eigenvalue weighted by Gasteiger charge is -2.16. The minimum atomic E-state index is -2.49. The first-order chi connectivity index (χ1) is 5.04. The Morgan fingerprint density at radius 2 is 2.00 bits per heavy atom. The first-order valence-electron chi connectivity index (χ1n) is 3.13. The lowest BCUT2D eigenvalue weighted by molar-refractivity contribution is 0.0317. The molecule has 11 heavy (non-hydrogen) atoms. The van der Waals surface area contributed by atoms with Gasteiger partial charge in [0.25, 0.3) is 0 Å². The van der Waals surface area contributed by atoms with Crippen LogP contribution in [0.1, 0.15) is 6.92 Å². The number of aliphatic hydroxyl groups excluding tert-OH is 2. The van der Waals surface area contributed by atoms with Crippen LogP contribution in [0.15, 0.2) is 0 Å². The van der Waals surface area contributed by atoms with Gasteiger partial charge in [-0.05, 0) is 18.0 Å². The van der Waals surface area contributed by atoms with Crippen molar-refractivity contribution >= 4 is 11.1 Å². The standard InChI is InChI=1S/C5H10O5S/c1-2-3(6)4(7)5(10-2)11(8)9/h2-7H,1H3,(H,8,9)/p-1/t2-,3-,4-,5?/m1/s1. The van der Waals surface area contributed by atoms with E-state index in [1.165, 1.54) is 6.92 Å². The van der Waals surface area contributed by atoms with Gasteiger partial charge in [-0.2, -0.15) is 0 Å². The van der Waals surface area contributed by atoms with Gasteiger partial charge in [0.1, 0.15) is 17.6 Å². The highest BCUT2D eigenvalue weighted by atomic mass is 32.2. The molecular formula is C5H9O5S-. The molecule has 1 fully saturated rings. The van der Waals surface area contributed by atoms with Crippen molar-refractivity contribution in [3.63, 3.8) is 0 Å². The molecule has 0 spiro atoms. The number of hydrogen-bond donors (Lipinski definition) is 2. The topological polar surface area (TPSA) is 89.8 Å². The highest BCUT2D eigenvalue weighted by Gasteiger charge is 2.40. The fraction of sp³-hybridized carbons (Fsp3) is 1.00. The third-order valence-electron chi connectivity index (χ3n) is 1.65. The van der Waals surface area contributed by atoms with Crippen LogP contribution >= 0.6 is 0 Å². The maximum absolute atomic E-state index is 10.3. The molecule has 0 saturated carbocycles. The minimum Gasteiger partial charge on any atom is -0.770 e. The van der Waals surface area contributed by atoms with Crippen LogP contribution in [0.25, 0.3) is 0 Å². The van der Waals surface area contributed by atoms with E-state index in [9.17, 15) is 8.76 Å². The van der Waals surface area contributed by atoms with Gasteiger partial charge in [0, 0.05) is 0 Å². The molecule has 66 valence electrons. The predicted octanol–water partition coefficient (Wildman–Crippen LogP) is -1.67. The monoisotopic (exact) mass is 181 g/mol. The fourth-order valence-electron chi connectivity index (χ4n) is 0.970. The molecule has 0 amide bonds. The third-order valence-corrected chi connectivity index (χ3v) is 2.42. The quantitative estimate of drug-likeness (QED) is 0.472. The molecule has 2 unspecified atom stereocenters. The summed E-state index contributed by atoms with van der Waals surface area (Å²) in [5.41, 5.74) is -1.29. The number of ether oxygens (including phenoxy) is 1. The van der Waals surface area contributed by atoms with Crippen LogP contribution in [-0.4, -0.2) is 42.7 Å². The Hall–Kier alpha value is -0.0100. The number of hydrogen-bond acceptors (Lipinski definition) is 5. The Balaban J connectivity index is 2.67. The molecule has 0 aromatic heterocycles. The summed E-state index contributed by atoms with van der Waals surface area (Å²) in [4.78, 5) is 0. The second-order valence-electron chi connectivity index (χ2n) is 2.45. The van der Waals surface area contributed by atoms with E-state index >= 15 is 0 Å². The average Bonchev–Trinajstić information content (AvgIpc) is 2.17. The molecule has 1 rings (SSSR count). The molecule has 5 nitrogen and oxygen atoms in total. The smallest absolute Gasteiger partial charge is 0.148 e.